The molecule has 0 aromatic heterocycles. The highest BCUT2D eigenvalue weighted by atomic mass is 35.5. The molecule has 0 aliphatic heterocycles. The Bertz CT molecular complexity index is 715. The number of carbonyl (C=O) groups is 1. The summed E-state index contributed by atoms with van der Waals surface area (Å²) in [5.74, 6) is 0.168. The van der Waals surface area contributed by atoms with Gasteiger partial charge in [0.1, 0.15) is 5.75 Å². The molecule has 0 unspecified atom stereocenters. The second-order valence-corrected chi connectivity index (χ2v) is 5.43. The average Bonchev–Trinajstić information content (AvgIpc) is 2.59. The minimum Gasteiger partial charge on any atom is -0.495 e. The van der Waals surface area contributed by atoms with E-state index in [4.69, 9.17) is 21.2 Å². The zero-order chi connectivity index (χ0) is 17.4. The predicted molar refractivity (Wildman–Crippen MR) is 96.0 cm³/mol. The van der Waals surface area contributed by atoms with Gasteiger partial charge in [0.15, 0.2) is 6.61 Å². The molecule has 1 amide bonds. The summed E-state index contributed by atoms with van der Waals surface area (Å²) in [4.78, 5) is 16.9. The molecule has 0 aliphatic carbocycles. The summed E-state index contributed by atoms with van der Waals surface area (Å²) < 4.78 is 5.16. The summed E-state index contributed by atoms with van der Waals surface area (Å²) in [6.07, 6.45) is 2.55. The third kappa shape index (κ3) is 5.28. The van der Waals surface area contributed by atoms with Gasteiger partial charge in [-0.15, -0.1) is 0 Å². The van der Waals surface area contributed by atoms with E-state index >= 15 is 0 Å². The Morgan fingerprint density at radius 2 is 2.00 bits per heavy atom. The lowest BCUT2D eigenvalue weighted by atomic mass is 10.1. The monoisotopic (exact) mass is 346 g/mol. The topological polar surface area (TPSA) is 59.9 Å². The van der Waals surface area contributed by atoms with Gasteiger partial charge < -0.3 is 14.9 Å². The Labute approximate surface area is 146 Å². The summed E-state index contributed by atoms with van der Waals surface area (Å²) in [5.41, 5.74) is 2.64. The number of anilines is 1. The molecular weight excluding hydrogens is 328 g/mol. The SMILES string of the molecule is CCc1ccc(/C=N\OCC(=O)Nc2cc(Cl)ccc2OC)cc1. The van der Waals surface area contributed by atoms with Crippen LogP contribution >= 0.6 is 11.6 Å². The van der Waals surface area contributed by atoms with E-state index in [1.165, 1.54) is 12.7 Å². The number of ether oxygens (including phenoxy) is 1. The van der Waals surface area contributed by atoms with E-state index < -0.39 is 0 Å². The first-order valence-electron chi connectivity index (χ1n) is 7.50. The van der Waals surface area contributed by atoms with Gasteiger partial charge in [-0.25, -0.2) is 0 Å². The highest BCUT2D eigenvalue weighted by Gasteiger charge is 2.08. The molecule has 6 heteroatoms. The molecule has 5 nitrogen and oxygen atoms in total. The van der Waals surface area contributed by atoms with Gasteiger partial charge in [-0.3, -0.25) is 4.79 Å². The molecule has 24 heavy (non-hydrogen) atoms. The molecular formula is C18H19ClN2O3. The Hall–Kier alpha value is -2.53. The molecule has 0 radical (unpaired) electrons. The van der Waals surface area contributed by atoms with Crippen LogP contribution in [0.3, 0.4) is 0 Å². The largest absolute Gasteiger partial charge is 0.495 e. The van der Waals surface area contributed by atoms with Crippen LogP contribution in [0.15, 0.2) is 47.6 Å². The van der Waals surface area contributed by atoms with Crippen LogP contribution in [-0.2, 0) is 16.1 Å². The van der Waals surface area contributed by atoms with Crippen LogP contribution in [-0.4, -0.2) is 25.8 Å². The number of carbonyl (C=O) groups excluding carboxylic acids is 1. The molecule has 2 aromatic rings. The van der Waals surface area contributed by atoms with Crippen LogP contribution in [0.1, 0.15) is 18.1 Å². The third-order valence-electron chi connectivity index (χ3n) is 3.30. The molecule has 2 rings (SSSR count). The van der Waals surface area contributed by atoms with Crippen LogP contribution in [0.5, 0.6) is 5.75 Å². The second-order valence-electron chi connectivity index (χ2n) is 5.00. The maximum Gasteiger partial charge on any atom is 0.265 e. The molecule has 0 aliphatic rings. The molecule has 0 atom stereocenters. The fourth-order valence-corrected chi connectivity index (χ4v) is 2.17. The van der Waals surface area contributed by atoms with Crippen LogP contribution in [0.4, 0.5) is 5.69 Å². The van der Waals surface area contributed by atoms with Crippen molar-refractivity contribution in [2.45, 2.75) is 13.3 Å². The number of hydrogen-bond donors (Lipinski definition) is 1. The van der Waals surface area contributed by atoms with Gasteiger partial charge in [0.2, 0.25) is 0 Å². The number of nitrogens with one attached hydrogen (secondary N) is 1. The first kappa shape index (κ1) is 17.8. The number of aryl methyl sites for hydroxylation is 1. The molecule has 0 bridgehead atoms. The average molecular weight is 347 g/mol. The zero-order valence-corrected chi connectivity index (χ0v) is 14.3. The van der Waals surface area contributed by atoms with Crippen molar-refractivity contribution in [3.63, 3.8) is 0 Å². The van der Waals surface area contributed by atoms with Gasteiger partial charge in [0.05, 0.1) is 19.0 Å². The van der Waals surface area contributed by atoms with Crippen molar-refractivity contribution < 1.29 is 14.4 Å². The van der Waals surface area contributed by atoms with Gasteiger partial charge in [-0.05, 0) is 35.7 Å². The molecule has 2 aromatic carbocycles. The second kappa shape index (κ2) is 8.93. The third-order valence-corrected chi connectivity index (χ3v) is 3.53. The van der Waals surface area contributed by atoms with Crippen molar-refractivity contribution in [2.24, 2.45) is 5.16 Å². The number of methoxy groups -OCH3 is 1. The highest BCUT2D eigenvalue weighted by Crippen LogP contribution is 2.27. The van der Waals surface area contributed by atoms with Crippen molar-refractivity contribution >= 4 is 29.4 Å². The lowest BCUT2D eigenvalue weighted by Gasteiger charge is -2.09. The maximum atomic E-state index is 11.9. The predicted octanol–water partition coefficient (Wildman–Crippen LogP) is 3.90. The number of oxime groups is 1. The van der Waals surface area contributed by atoms with Gasteiger partial charge in [0, 0.05) is 5.02 Å². The summed E-state index contributed by atoms with van der Waals surface area (Å²) in [6, 6.07) is 12.9. The number of nitrogens with zero attached hydrogens (tertiary/aromatic N) is 1. The Morgan fingerprint density at radius 3 is 2.67 bits per heavy atom. The smallest absolute Gasteiger partial charge is 0.265 e. The summed E-state index contributed by atoms with van der Waals surface area (Å²) in [5, 5.41) is 6.96. The van der Waals surface area contributed by atoms with Gasteiger partial charge in [-0.1, -0.05) is 47.9 Å². The standard InChI is InChI=1S/C18H19ClN2O3/c1-3-13-4-6-14(7-5-13)11-20-24-12-18(22)21-16-10-15(19)8-9-17(16)23-2/h4-11H,3,12H2,1-2H3,(H,21,22)/b20-11-. The van der Waals surface area contributed by atoms with E-state index in [1.807, 2.05) is 24.3 Å². The first-order valence-corrected chi connectivity index (χ1v) is 7.88. The van der Waals surface area contributed by atoms with Gasteiger partial charge >= 0.3 is 0 Å². The van der Waals surface area contributed by atoms with Crippen LogP contribution < -0.4 is 10.1 Å². The van der Waals surface area contributed by atoms with E-state index in [0.717, 1.165) is 12.0 Å². The molecule has 1 N–H and O–H groups in total. The number of benzene rings is 2. The highest BCUT2D eigenvalue weighted by molar-refractivity contribution is 6.31. The summed E-state index contributed by atoms with van der Waals surface area (Å²) in [7, 11) is 1.52. The normalized spacial score (nSPS) is 10.6. The van der Waals surface area contributed by atoms with Crippen molar-refractivity contribution in [3.05, 3.63) is 58.6 Å². The number of amides is 1. The molecule has 0 heterocycles. The maximum absolute atomic E-state index is 11.9. The fourth-order valence-electron chi connectivity index (χ4n) is 2.00. The van der Waals surface area contributed by atoms with Crippen LogP contribution in [0, 0.1) is 0 Å². The van der Waals surface area contributed by atoms with Crippen molar-refractivity contribution in [2.75, 3.05) is 19.0 Å². The van der Waals surface area contributed by atoms with Crippen LogP contribution in [0.25, 0.3) is 0 Å². The number of rotatable bonds is 7. The van der Waals surface area contributed by atoms with Crippen LogP contribution in [0.2, 0.25) is 5.02 Å². The molecule has 0 fully saturated rings. The first-order chi connectivity index (χ1) is 11.6. The van der Waals surface area contributed by atoms with Crippen molar-refractivity contribution in [1.29, 1.82) is 0 Å². The van der Waals surface area contributed by atoms with E-state index in [9.17, 15) is 4.79 Å². The lowest BCUT2D eigenvalue weighted by Crippen LogP contribution is -2.17. The summed E-state index contributed by atoms with van der Waals surface area (Å²) in [6.45, 7) is 1.89. The van der Waals surface area contributed by atoms with E-state index in [1.54, 1.807) is 24.4 Å². The lowest BCUT2D eigenvalue weighted by molar-refractivity contribution is -0.120. The fraction of sp³-hybridized carbons (Fsp3) is 0.222. The Balaban J connectivity index is 1.84. The minimum atomic E-state index is -0.353. The molecule has 0 saturated heterocycles. The molecule has 0 spiro atoms. The number of halogens is 1. The number of hydrogen-bond acceptors (Lipinski definition) is 4. The molecule has 0 saturated carbocycles. The Kier molecular flexibility index (Phi) is 6.63. The Morgan fingerprint density at radius 1 is 1.25 bits per heavy atom. The van der Waals surface area contributed by atoms with Gasteiger partial charge in [0.25, 0.3) is 5.91 Å². The van der Waals surface area contributed by atoms with E-state index in [-0.39, 0.29) is 12.5 Å². The van der Waals surface area contributed by atoms with E-state index in [2.05, 4.69) is 17.4 Å². The minimum absolute atomic E-state index is 0.209. The van der Waals surface area contributed by atoms with E-state index in [0.29, 0.717) is 16.5 Å². The zero-order valence-electron chi connectivity index (χ0n) is 13.6. The quantitative estimate of drug-likeness (QED) is 0.611. The van der Waals surface area contributed by atoms with Gasteiger partial charge in [-0.2, -0.15) is 0 Å². The van der Waals surface area contributed by atoms with Crippen molar-refractivity contribution in [1.82, 2.24) is 0 Å². The summed E-state index contributed by atoms with van der Waals surface area (Å²) >= 11 is 5.91. The van der Waals surface area contributed by atoms with Crippen molar-refractivity contribution in [3.8, 4) is 5.75 Å². The molecule has 126 valence electrons.